The van der Waals surface area contributed by atoms with Crippen molar-refractivity contribution in [3.63, 3.8) is 0 Å². The SMILES string of the molecule is NS(=O)(=O)c1cc(C(=O)NCC2CCOC2)n(C2CC2)c1. The van der Waals surface area contributed by atoms with Gasteiger partial charge >= 0.3 is 0 Å². The Morgan fingerprint density at radius 2 is 2.19 bits per heavy atom. The molecule has 1 aliphatic heterocycles. The second-order valence-corrected chi connectivity index (χ2v) is 7.25. The maximum atomic E-state index is 12.3. The number of aromatic nitrogens is 1. The summed E-state index contributed by atoms with van der Waals surface area (Å²) < 4.78 is 29.9. The topological polar surface area (TPSA) is 103 Å². The van der Waals surface area contributed by atoms with Crippen molar-refractivity contribution in [3.05, 3.63) is 18.0 Å². The van der Waals surface area contributed by atoms with Crippen LogP contribution in [0.1, 0.15) is 35.8 Å². The van der Waals surface area contributed by atoms with E-state index in [-0.39, 0.29) is 16.8 Å². The molecular formula is C13H19N3O4S. The van der Waals surface area contributed by atoms with Crippen LogP contribution in [0.2, 0.25) is 0 Å². The third kappa shape index (κ3) is 3.28. The van der Waals surface area contributed by atoms with Crippen molar-refractivity contribution in [1.82, 2.24) is 9.88 Å². The van der Waals surface area contributed by atoms with Gasteiger partial charge < -0.3 is 14.6 Å². The summed E-state index contributed by atoms with van der Waals surface area (Å²) >= 11 is 0. The molecule has 3 N–H and O–H groups in total. The smallest absolute Gasteiger partial charge is 0.267 e. The number of rotatable bonds is 5. The van der Waals surface area contributed by atoms with Crippen molar-refractivity contribution in [2.75, 3.05) is 19.8 Å². The van der Waals surface area contributed by atoms with Gasteiger partial charge in [0.2, 0.25) is 10.0 Å². The van der Waals surface area contributed by atoms with E-state index in [0.717, 1.165) is 25.9 Å². The number of nitrogens with zero attached hydrogens (tertiary/aromatic N) is 1. The molecule has 1 saturated heterocycles. The average Bonchev–Trinajstić information content (AvgIpc) is 2.96. The molecule has 3 rings (SSSR count). The fourth-order valence-corrected chi connectivity index (χ4v) is 3.05. The molecule has 2 heterocycles. The zero-order valence-electron chi connectivity index (χ0n) is 11.6. The summed E-state index contributed by atoms with van der Waals surface area (Å²) in [6, 6.07) is 1.56. The van der Waals surface area contributed by atoms with E-state index in [4.69, 9.17) is 9.88 Å². The van der Waals surface area contributed by atoms with Crippen LogP contribution in [0.3, 0.4) is 0 Å². The van der Waals surface area contributed by atoms with Gasteiger partial charge in [0.15, 0.2) is 0 Å². The van der Waals surface area contributed by atoms with Gasteiger partial charge in [-0.25, -0.2) is 13.6 Å². The molecule has 0 spiro atoms. The molecule has 7 nitrogen and oxygen atoms in total. The highest BCUT2D eigenvalue weighted by atomic mass is 32.2. The number of amides is 1. The van der Waals surface area contributed by atoms with E-state index in [1.54, 1.807) is 4.57 Å². The largest absolute Gasteiger partial charge is 0.381 e. The maximum absolute atomic E-state index is 12.3. The van der Waals surface area contributed by atoms with E-state index in [2.05, 4.69) is 5.32 Å². The van der Waals surface area contributed by atoms with Crippen LogP contribution in [-0.4, -0.2) is 38.7 Å². The lowest BCUT2D eigenvalue weighted by Gasteiger charge is -2.11. The number of primary sulfonamides is 1. The highest BCUT2D eigenvalue weighted by molar-refractivity contribution is 7.89. The van der Waals surface area contributed by atoms with Gasteiger partial charge in [-0.2, -0.15) is 0 Å². The van der Waals surface area contributed by atoms with Crippen LogP contribution in [0.5, 0.6) is 0 Å². The van der Waals surface area contributed by atoms with Crippen LogP contribution < -0.4 is 10.5 Å². The van der Waals surface area contributed by atoms with Crippen LogP contribution in [0.4, 0.5) is 0 Å². The molecule has 116 valence electrons. The lowest BCUT2D eigenvalue weighted by molar-refractivity contribution is 0.0935. The summed E-state index contributed by atoms with van der Waals surface area (Å²) in [5, 5.41) is 8.00. The van der Waals surface area contributed by atoms with Crippen LogP contribution in [0.25, 0.3) is 0 Å². The second-order valence-electron chi connectivity index (χ2n) is 5.68. The van der Waals surface area contributed by atoms with Crippen molar-refractivity contribution in [3.8, 4) is 0 Å². The Kier molecular flexibility index (Phi) is 3.76. The minimum Gasteiger partial charge on any atom is -0.381 e. The number of carbonyl (C=O) groups excluding carboxylic acids is 1. The Balaban J connectivity index is 1.76. The first-order valence-electron chi connectivity index (χ1n) is 7.06. The first-order chi connectivity index (χ1) is 9.95. The Morgan fingerprint density at radius 1 is 1.43 bits per heavy atom. The van der Waals surface area contributed by atoms with Gasteiger partial charge in [0, 0.05) is 31.3 Å². The van der Waals surface area contributed by atoms with Gasteiger partial charge in [0.1, 0.15) is 10.6 Å². The summed E-state index contributed by atoms with van der Waals surface area (Å²) in [6.45, 7) is 1.93. The predicted octanol–water partition coefficient (Wildman–Crippen LogP) is 0.237. The first kappa shape index (κ1) is 14.6. The Morgan fingerprint density at radius 3 is 2.76 bits per heavy atom. The molecule has 1 saturated carbocycles. The van der Waals surface area contributed by atoms with Gasteiger partial charge in [-0.05, 0) is 25.3 Å². The molecule has 1 aromatic rings. The highest BCUT2D eigenvalue weighted by Crippen LogP contribution is 2.37. The van der Waals surface area contributed by atoms with Gasteiger partial charge in [-0.3, -0.25) is 4.79 Å². The molecule has 21 heavy (non-hydrogen) atoms. The first-order valence-corrected chi connectivity index (χ1v) is 8.60. The second kappa shape index (κ2) is 5.43. The fourth-order valence-electron chi connectivity index (χ4n) is 2.52. The Hall–Kier alpha value is -1.38. The van der Waals surface area contributed by atoms with Crippen LogP contribution >= 0.6 is 0 Å². The van der Waals surface area contributed by atoms with E-state index >= 15 is 0 Å². The minimum atomic E-state index is -3.80. The van der Waals surface area contributed by atoms with Crippen LogP contribution in [-0.2, 0) is 14.8 Å². The van der Waals surface area contributed by atoms with E-state index in [9.17, 15) is 13.2 Å². The van der Waals surface area contributed by atoms with E-state index < -0.39 is 10.0 Å². The molecule has 2 aliphatic rings. The number of nitrogens with one attached hydrogen (secondary N) is 1. The molecule has 1 aromatic heterocycles. The normalized spacial score (nSPS) is 22.4. The number of hydrogen-bond acceptors (Lipinski definition) is 4. The third-order valence-electron chi connectivity index (χ3n) is 3.90. The summed E-state index contributed by atoms with van der Waals surface area (Å²) in [5.41, 5.74) is 0.362. The number of ether oxygens (including phenoxy) is 1. The van der Waals surface area contributed by atoms with E-state index in [0.29, 0.717) is 24.8 Å². The van der Waals surface area contributed by atoms with Crippen molar-refractivity contribution in [1.29, 1.82) is 0 Å². The van der Waals surface area contributed by atoms with Crippen LogP contribution in [0, 0.1) is 5.92 Å². The van der Waals surface area contributed by atoms with Crippen molar-refractivity contribution in [2.45, 2.75) is 30.2 Å². The lowest BCUT2D eigenvalue weighted by Crippen LogP contribution is -2.30. The zero-order chi connectivity index (χ0) is 15.0. The van der Waals surface area contributed by atoms with E-state index in [1.165, 1.54) is 12.3 Å². The molecule has 0 aromatic carbocycles. The van der Waals surface area contributed by atoms with Crippen molar-refractivity contribution >= 4 is 15.9 Å². The molecule has 1 atom stereocenters. The predicted molar refractivity (Wildman–Crippen MR) is 75.3 cm³/mol. The molecule has 8 heteroatoms. The number of sulfonamides is 1. The standard InChI is InChI=1S/C13H19N3O4S/c14-21(18,19)11-5-12(16(7-11)10-1-2-10)13(17)15-6-9-3-4-20-8-9/h5,7,9-10H,1-4,6,8H2,(H,15,17)(H2,14,18,19). The lowest BCUT2D eigenvalue weighted by atomic mass is 10.1. The molecular weight excluding hydrogens is 294 g/mol. The zero-order valence-corrected chi connectivity index (χ0v) is 12.4. The van der Waals surface area contributed by atoms with Crippen molar-refractivity contribution in [2.24, 2.45) is 11.1 Å². The highest BCUT2D eigenvalue weighted by Gasteiger charge is 2.30. The van der Waals surface area contributed by atoms with Gasteiger partial charge in [0.05, 0.1) is 6.61 Å². The van der Waals surface area contributed by atoms with E-state index in [1.807, 2.05) is 0 Å². The van der Waals surface area contributed by atoms with Gasteiger partial charge in [0.25, 0.3) is 5.91 Å². The number of hydrogen-bond donors (Lipinski definition) is 2. The number of carbonyl (C=O) groups is 1. The number of nitrogens with two attached hydrogens (primary N) is 1. The molecule has 0 radical (unpaired) electrons. The molecule has 1 unspecified atom stereocenters. The Bertz CT molecular complexity index is 642. The van der Waals surface area contributed by atoms with Crippen molar-refractivity contribution < 1.29 is 17.9 Å². The quantitative estimate of drug-likeness (QED) is 0.812. The maximum Gasteiger partial charge on any atom is 0.267 e. The molecule has 1 aliphatic carbocycles. The molecule has 2 fully saturated rings. The van der Waals surface area contributed by atoms with Gasteiger partial charge in [-0.15, -0.1) is 0 Å². The molecule has 1 amide bonds. The fraction of sp³-hybridized carbons (Fsp3) is 0.615. The minimum absolute atomic E-state index is 0.0104. The average molecular weight is 313 g/mol. The summed E-state index contributed by atoms with van der Waals surface area (Å²) in [5.74, 6) is 0.0692. The monoisotopic (exact) mass is 313 g/mol. The van der Waals surface area contributed by atoms with Crippen LogP contribution in [0.15, 0.2) is 17.2 Å². The third-order valence-corrected chi connectivity index (χ3v) is 4.78. The summed E-state index contributed by atoms with van der Waals surface area (Å²) in [7, 11) is -3.80. The summed E-state index contributed by atoms with van der Waals surface area (Å²) in [6.07, 6.45) is 4.30. The summed E-state index contributed by atoms with van der Waals surface area (Å²) in [4.78, 5) is 12.3. The van der Waals surface area contributed by atoms with Gasteiger partial charge in [-0.1, -0.05) is 0 Å². The molecule has 0 bridgehead atoms. The Labute approximate surface area is 123 Å².